The van der Waals surface area contributed by atoms with Crippen molar-refractivity contribution in [2.45, 2.75) is 128 Å². The van der Waals surface area contributed by atoms with Crippen LogP contribution >= 0.6 is 0 Å². The molecule has 1 amide bonds. The van der Waals surface area contributed by atoms with Gasteiger partial charge in [0.25, 0.3) is 0 Å². The summed E-state index contributed by atoms with van der Waals surface area (Å²) in [6.45, 7) is 9.51. The van der Waals surface area contributed by atoms with E-state index in [0.717, 1.165) is 51.4 Å². The minimum atomic E-state index is -0.469. The van der Waals surface area contributed by atoms with Crippen LogP contribution < -0.4 is 0 Å². The number of rotatable bonds is 11. The van der Waals surface area contributed by atoms with Crippen molar-refractivity contribution in [1.29, 1.82) is 0 Å². The molecule has 4 nitrogen and oxygen atoms in total. The van der Waals surface area contributed by atoms with Crippen LogP contribution in [-0.4, -0.2) is 34.5 Å². The number of amides is 1. The number of hydrogen-bond acceptors (Lipinski definition) is 3. The van der Waals surface area contributed by atoms with Gasteiger partial charge in [-0.25, -0.2) is 4.79 Å². The standard InChI is InChI=1S/C25H43NO3/c1-5-6-7-8-9-10-11-12-13-17-23(27)20-18-21-15-14-16-22(19-20)26(21)24(28)29-25(2,3)4/h5,20-22H,1,6-19H2,2-4H3. The zero-order valence-electron chi connectivity index (χ0n) is 19.1. The van der Waals surface area contributed by atoms with Crippen molar-refractivity contribution in [3.63, 3.8) is 0 Å². The lowest BCUT2D eigenvalue weighted by atomic mass is 9.76. The second-order valence-electron chi connectivity index (χ2n) is 10.1. The summed E-state index contributed by atoms with van der Waals surface area (Å²) in [6.07, 6.45) is 17.0. The third kappa shape index (κ3) is 8.14. The molecule has 2 bridgehead atoms. The second-order valence-corrected chi connectivity index (χ2v) is 10.1. The maximum Gasteiger partial charge on any atom is 0.410 e. The smallest absolute Gasteiger partial charge is 0.410 e. The zero-order chi connectivity index (χ0) is 21.3. The predicted octanol–water partition coefficient (Wildman–Crippen LogP) is 6.82. The lowest BCUT2D eigenvalue weighted by molar-refractivity contribution is -0.127. The molecule has 0 saturated carbocycles. The van der Waals surface area contributed by atoms with Crippen molar-refractivity contribution in [2.75, 3.05) is 0 Å². The molecule has 4 heteroatoms. The van der Waals surface area contributed by atoms with E-state index in [0.29, 0.717) is 12.2 Å². The zero-order valence-corrected chi connectivity index (χ0v) is 19.1. The predicted molar refractivity (Wildman–Crippen MR) is 119 cm³/mol. The van der Waals surface area contributed by atoms with Crippen molar-refractivity contribution in [3.8, 4) is 0 Å². The number of allylic oxidation sites excluding steroid dienone is 1. The fourth-order valence-electron chi connectivity index (χ4n) is 4.93. The van der Waals surface area contributed by atoms with Crippen LogP contribution in [0.5, 0.6) is 0 Å². The van der Waals surface area contributed by atoms with Gasteiger partial charge in [0.1, 0.15) is 11.4 Å². The third-order valence-corrected chi connectivity index (χ3v) is 6.37. The van der Waals surface area contributed by atoms with Crippen molar-refractivity contribution in [2.24, 2.45) is 5.92 Å². The Labute approximate surface area is 178 Å². The lowest BCUT2D eigenvalue weighted by Crippen LogP contribution is -2.56. The molecule has 0 radical (unpaired) electrons. The molecule has 0 N–H and O–H groups in total. The molecular formula is C25H43NO3. The molecule has 0 aromatic carbocycles. The summed E-state index contributed by atoms with van der Waals surface area (Å²) in [7, 11) is 0. The van der Waals surface area contributed by atoms with Crippen LogP contribution in [0.2, 0.25) is 0 Å². The second kappa shape index (κ2) is 11.8. The van der Waals surface area contributed by atoms with Gasteiger partial charge in [-0.3, -0.25) is 4.79 Å². The van der Waals surface area contributed by atoms with Crippen molar-refractivity contribution in [1.82, 2.24) is 4.90 Å². The normalized spacial score (nSPS) is 24.2. The number of fused-ring (bicyclic) bond motifs is 2. The minimum absolute atomic E-state index is 0.142. The summed E-state index contributed by atoms with van der Waals surface area (Å²) >= 11 is 0. The molecule has 166 valence electrons. The highest BCUT2D eigenvalue weighted by Gasteiger charge is 2.44. The van der Waals surface area contributed by atoms with E-state index in [-0.39, 0.29) is 24.1 Å². The van der Waals surface area contributed by atoms with Crippen LogP contribution in [0.25, 0.3) is 0 Å². The Morgan fingerprint density at radius 2 is 1.52 bits per heavy atom. The maximum atomic E-state index is 12.8. The van der Waals surface area contributed by atoms with Gasteiger partial charge in [-0.15, -0.1) is 6.58 Å². The van der Waals surface area contributed by atoms with Crippen LogP contribution in [0.4, 0.5) is 4.79 Å². The van der Waals surface area contributed by atoms with E-state index < -0.39 is 5.60 Å². The summed E-state index contributed by atoms with van der Waals surface area (Å²) in [5.74, 6) is 0.569. The lowest BCUT2D eigenvalue weighted by Gasteiger charge is -2.48. The molecule has 2 unspecified atom stereocenters. The molecule has 2 atom stereocenters. The monoisotopic (exact) mass is 405 g/mol. The fourth-order valence-corrected chi connectivity index (χ4v) is 4.93. The first-order valence-electron chi connectivity index (χ1n) is 12.0. The quantitative estimate of drug-likeness (QED) is 0.280. The van der Waals surface area contributed by atoms with E-state index in [1.165, 1.54) is 32.1 Å². The van der Waals surface area contributed by atoms with Gasteiger partial charge in [0.05, 0.1) is 0 Å². The number of carbonyl (C=O) groups excluding carboxylic acids is 2. The number of hydrogen-bond donors (Lipinski definition) is 0. The Balaban J connectivity index is 1.70. The average molecular weight is 406 g/mol. The molecule has 2 fully saturated rings. The minimum Gasteiger partial charge on any atom is -0.444 e. The summed E-state index contributed by atoms with van der Waals surface area (Å²) in [5.41, 5.74) is -0.469. The molecule has 2 saturated heterocycles. The van der Waals surface area contributed by atoms with Gasteiger partial charge in [-0.2, -0.15) is 0 Å². The van der Waals surface area contributed by atoms with Gasteiger partial charge in [0, 0.05) is 24.4 Å². The molecule has 2 heterocycles. The molecule has 2 rings (SSSR count). The van der Waals surface area contributed by atoms with Gasteiger partial charge < -0.3 is 9.64 Å². The summed E-state index contributed by atoms with van der Waals surface area (Å²) in [5, 5.41) is 0. The molecule has 0 spiro atoms. The Kier molecular flexibility index (Phi) is 9.71. The molecule has 0 aromatic rings. The first-order valence-corrected chi connectivity index (χ1v) is 12.0. The average Bonchev–Trinajstić information content (AvgIpc) is 2.64. The first-order chi connectivity index (χ1) is 13.8. The van der Waals surface area contributed by atoms with Crippen LogP contribution in [-0.2, 0) is 9.53 Å². The number of piperidine rings is 2. The number of ether oxygens (including phenoxy) is 1. The molecule has 2 aliphatic heterocycles. The highest BCUT2D eigenvalue weighted by Crippen LogP contribution is 2.38. The molecule has 0 aromatic heterocycles. The Hall–Kier alpha value is -1.32. The molecular weight excluding hydrogens is 362 g/mol. The number of ketones is 1. The van der Waals surface area contributed by atoms with Gasteiger partial charge in [0.15, 0.2) is 0 Å². The third-order valence-electron chi connectivity index (χ3n) is 6.37. The number of carbonyl (C=O) groups is 2. The fraction of sp³-hybridized carbons (Fsp3) is 0.840. The van der Waals surface area contributed by atoms with E-state index >= 15 is 0 Å². The van der Waals surface area contributed by atoms with Crippen molar-refractivity contribution < 1.29 is 14.3 Å². The number of nitrogens with zero attached hydrogens (tertiary/aromatic N) is 1. The van der Waals surface area contributed by atoms with E-state index in [4.69, 9.17) is 4.74 Å². The first kappa shape index (κ1) is 24.0. The van der Waals surface area contributed by atoms with Crippen LogP contribution in [0, 0.1) is 5.92 Å². The van der Waals surface area contributed by atoms with E-state index in [1.54, 1.807) is 0 Å². The largest absolute Gasteiger partial charge is 0.444 e. The highest BCUT2D eigenvalue weighted by molar-refractivity contribution is 5.81. The SMILES string of the molecule is C=CCCCCCCCCCC(=O)C1CC2CCCC(C1)N2C(=O)OC(C)(C)C. The van der Waals surface area contributed by atoms with Crippen molar-refractivity contribution in [3.05, 3.63) is 12.7 Å². The molecule has 0 aliphatic carbocycles. The topological polar surface area (TPSA) is 46.6 Å². The summed E-state index contributed by atoms with van der Waals surface area (Å²) < 4.78 is 5.64. The van der Waals surface area contributed by atoms with Gasteiger partial charge in [-0.1, -0.05) is 38.2 Å². The van der Waals surface area contributed by atoms with Gasteiger partial charge in [-0.05, 0) is 72.1 Å². The van der Waals surface area contributed by atoms with Gasteiger partial charge in [0.2, 0.25) is 0 Å². The van der Waals surface area contributed by atoms with Crippen LogP contribution in [0.3, 0.4) is 0 Å². The number of Topliss-reactive ketones (excluding diaryl/α,β-unsaturated/α-hetero) is 1. The van der Waals surface area contributed by atoms with Crippen LogP contribution in [0.15, 0.2) is 12.7 Å². The van der Waals surface area contributed by atoms with Gasteiger partial charge >= 0.3 is 6.09 Å². The highest BCUT2D eigenvalue weighted by atomic mass is 16.6. The molecule has 29 heavy (non-hydrogen) atoms. The Bertz CT molecular complexity index is 523. The van der Waals surface area contributed by atoms with E-state index in [1.807, 2.05) is 31.7 Å². The number of unbranched alkanes of at least 4 members (excludes halogenated alkanes) is 7. The Morgan fingerprint density at radius 3 is 2.07 bits per heavy atom. The van der Waals surface area contributed by atoms with Crippen LogP contribution in [0.1, 0.15) is 111 Å². The maximum absolute atomic E-state index is 12.8. The van der Waals surface area contributed by atoms with E-state index in [2.05, 4.69) is 6.58 Å². The molecule has 2 aliphatic rings. The summed E-state index contributed by atoms with van der Waals surface area (Å²) in [6, 6.07) is 0.365. The van der Waals surface area contributed by atoms with Crippen molar-refractivity contribution >= 4 is 11.9 Å². The summed E-state index contributed by atoms with van der Waals surface area (Å²) in [4.78, 5) is 27.4. The van der Waals surface area contributed by atoms with E-state index in [9.17, 15) is 9.59 Å². The Morgan fingerprint density at radius 1 is 0.966 bits per heavy atom.